The quantitative estimate of drug-likeness (QED) is 0.798. The normalized spacial score (nSPS) is 24.2. The maximum Gasteiger partial charge on any atom is 0.407 e. The van der Waals surface area contributed by atoms with Gasteiger partial charge in [0.05, 0.1) is 0 Å². The number of hydrogen-bond donors (Lipinski definition) is 1. The fourth-order valence-corrected chi connectivity index (χ4v) is 4.56. The summed E-state index contributed by atoms with van der Waals surface area (Å²) in [4.78, 5) is 15.5. The molecule has 0 bridgehead atoms. The van der Waals surface area contributed by atoms with Crippen LogP contribution < -0.4 is 4.90 Å². The van der Waals surface area contributed by atoms with Crippen molar-refractivity contribution >= 4 is 11.8 Å². The van der Waals surface area contributed by atoms with Gasteiger partial charge in [-0.2, -0.15) is 0 Å². The van der Waals surface area contributed by atoms with E-state index >= 15 is 0 Å². The highest BCUT2D eigenvalue weighted by Gasteiger charge is 2.46. The first-order valence-electron chi connectivity index (χ1n) is 8.05. The Bertz CT molecular complexity index is 618. The van der Waals surface area contributed by atoms with Gasteiger partial charge in [0.15, 0.2) is 0 Å². The summed E-state index contributed by atoms with van der Waals surface area (Å²) in [7, 11) is 2.16. The predicted octanol–water partition coefficient (Wildman–Crippen LogP) is 3.48. The van der Waals surface area contributed by atoms with Gasteiger partial charge in [-0.1, -0.05) is 32.9 Å². The molecule has 1 amide bonds. The number of likely N-dealkylation sites (N-methyl/N-ethyl adjacent to an activating group) is 1. The highest BCUT2D eigenvalue weighted by atomic mass is 16.4. The Hall–Kier alpha value is -1.71. The van der Waals surface area contributed by atoms with E-state index in [1.165, 1.54) is 22.4 Å². The van der Waals surface area contributed by atoms with Crippen molar-refractivity contribution < 1.29 is 9.90 Å². The van der Waals surface area contributed by atoms with Crippen LogP contribution in [0.5, 0.6) is 0 Å². The van der Waals surface area contributed by atoms with Crippen molar-refractivity contribution in [2.24, 2.45) is 5.41 Å². The number of carboxylic acid groups (broad SMARTS) is 1. The van der Waals surface area contributed by atoms with E-state index in [2.05, 4.69) is 51.8 Å². The van der Waals surface area contributed by atoms with Crippen molar-refractivity contribution in [2.45, 2.75) is 46.1 Å². The Balaban J connectivity index is 2.17. The van der Waals surface area contributed by atoms with Crippen molar-refractivity contribution in [3.8, 4) is 0 Å². The minimum absolute atomic E-state index is 0.0939. The molecule has 1 aromatic carbocycles. The van der Waals surface area contributed by atoms with Gasteiger partial charge in [0.25, 0.3) is 0 Å². The maximum atomic E-state index is 11.6. The molecule has 4 heteroatoms. The lowest BCUT2D eigenvalue weighted by atomic mass is 9.77. The van der Waals surface area contributed by atoms with E-state index in [0.29, 0.717) is 19.1 Å². The van der Waals surface area contributed by atoms with Gasteiger partial charge >= 0.3 is 6.09 Å². The Morgan fingerprint density at radius 2 is 2.00 bits per heavy atom. The molecular formula is C18H26N2O2. The molecule has 22 heavy (non-hydrogen) atoms. The van der Waals surface area contributed by atoms with E-state index in [1.54, 1.807) is 4.90 Å². The zero-order chi connectivity index (χ0) is 16.2. The molecule has 2 aliphatic rings. The molecule has 0 saturated carbocycles. The first-order valence-corrected chi connectivity index (χ1v) is 8.05. The first kappa shape index (κ1) is 15.2. The third-order valence-corrected chi connectivity index (χ3v) is 5.26. The van der Waals surface area contributed by atoms with Crippen LogP contribution in [0.2, 0.25) is 0 Å². The van der Waals surface area contributed by atoms with E-state index < -0.39 is 6.09 Å². The molecule has 2 heterocycles. The molecule has 0 fully saturated rings. The molecule has 0 aromatic heterocycles. The second-order valence-electron chi connectivity index (χ2n) is 7.81. The third kappa shape index (κ3) is 2.16. The fourth-order valence-electron chi connectivity index (χ4n) is 4.56. The van der Waals surface area contributed by atoms with Crippen molar-refractivity contribution in [1.82, 2.24) is 4.90 Å². The molecule has 2 aliphatic heterocycles. The van der Waals surface area contributed by atoms with Crippen LogP contribution in [0.25, 0.3) is 0 Å². The number of benzene rings is 1. The van der Waals surface area contributed by atoms with Crippen LogP contribution in [-0.2, 0) is 6.42 Å². The molecule has 2 atom stereocenters. The average Bonchev–Trinajstić information content (AvgIpc) is 2.58. The minimum atomic E-state index is -0.798. The van der Waals surface area contributed by atoms with Crippen molar-refractivity contribution in [3.05, 3.63) is 28.8 Å². The highest BCUT2D eigenvalue weighted by Crippen LogP contribution is 2.50. The number of aryl methyl sites for hydroxylation is 1. The zero-order valence-electron chi connectivity index (χ0n) is 14.2. The maximum absolute atomic E-state index is 11.6. The number of hydrogen-bond acceptors (Lipinski definition) is 2. The summed E-state index contributed by atoms with van der Waals surface area (Å²) in [6.07, 6.45) is 0.0177. The molecule has 1 N–H and O–H groups in total. The van der Waals surface area contributed by atoms with Crippen LogP contribution >= 0.6 is 0 Å². The Kier molecular flexibility index (Phi) is 3.38. The molecule has 0 saturated heterocycles. The minimum Gasteiger partial charge on any atom is -0.465 e. The second-order valence-corrected chi connectivity index (χ2v) is 7.81. The van der Waals surface area contributed by atoms with Gasteiger partial charge in [-0.15, -0.1) is 0 Å². The summed E-state index contributed by atoms with van der Waals surface area (Å²) >= 11 is 0. The summed E-state index contributed by atoms with van der Waals surface area (Å²) in [5, 5.41) is 9.49. The fraction of sp³-hybridized carbons (Fsp3) is 0.611. The van der Waals surface area contributed by atoms with Gasteiger partial charge in [-0.3, -0.25) is 0 Å². The molecule has 3 rings (SSSR count). The molecule has 0 radical (unpaired) electrons. The highest BCUT2D eigenvalue weighted by molar-refractivity contribution is 5.71. The topological polar surface area (TPSA) is 43.8 Å². The van der Waals surface area contributed by atoms with Crippen LogP contribution in [0.4, 0.5) is 10.5 Å². The number of amides is 1. The van der Waals surface area contributed by atoms with E-state index in [-0.39, 0.29) is 11.3 Å². The first-order chi connectivity index (χ1) is 10.2. The number of nitrogens with zero attached hydrogens (tertiary/aromatic N) is 2. The van der Waals surface area contributed by atoms with Crippen LogP contribution in [0.3, 0.4) is 0 Å². The summed E-state index contributed by atoms with van der Waals surface area (Å²) in [6, 6.07) is 4.71. The molecule has 0 spiro atoms. The van der Waals surface area contributed by atoms with Crippen LogP contribution in [0.1, 0.15) is 43.4 Å². The molecule has 120 valence electrons. The number of rotatable bonds is 0. The molecule has 0 aliphatic carbocycles. The van der Waals surface area contributed by atoms with Crippen LogP contribution in [0.15, 0.2) is 12.1 Å². The van der Waals surface area contributed by atoms with E-state index in [0.717, 1.165) is 6.42 Å². The molecule has 1 aromatic rings. The Labute approximate surface area is 132 Å². The Morgan fingerprint density at radius 3 is 2.59 bits per heavy atom. The summed E-state index contributed by atoms with van der Waals surface area (Å²) in [5.41, 5.74) is 5.44. The zero-order valence-corrected chi connectivity index (χ0v) is 14.2. The second kappa shape index (κ2) is 4.90. The monoisotopic (exact) mass is 302 g/mol. The van der Waals surface area contributed by atoms with E-state index in [1.807, 2.05) is 0 Å². The largest absolute Gasteiger partial charge is 0.465 e. The van der Waals surface area contributed by atoms with Crippen molar-refractivity contribution in [1.29, 1.82) is 0 Å². The van der Waals surface area contributed by atoms with E-state index in [4.69, 9.17) is 0 Å². The van der Waals surface area contributed by atoms with Gasteiger partial charge in [0.1, 0.15) is 0 Å². The average molecular weight is 302 g/mol. The third-order valence-electron chi connectivity index (χ3n) is 5.26. The molecule has 1 unspecified atom stereocenters. The van der Waals surface area contributed by atoms with Crippen LogP contribution in [-0.4, -0.2) is 42.3 Å². The predicted molar refractivity (Wildman–Crippen MR) is 88.9 cm³/mol. The SMILES string of the molecule is Cc1ccc2c3c1N(C)C(C(C)(C)C)[C@H]3CN(C(=O)O)CC2. The number of carbonyl (C=O) groups is 1. The number of anilines is 1. The van der Waals surface area contributed by atoms with Gasteiger partial charge in [-0.05, 0) is 35.4 Å². The lowest BCUT2D eigenvalue weighted by molar-refractivity contribution is 0.138. The smallest absolute Gasteiger partial charge is 0.407 e. The lowest BCUT2D eigenvalue weighted by Crippen LogP contribution is -2.45. The molecular weight excluding hydrogens is 276 g/mol. The lowest BCUT2D eigenvalue weighted by Gasteiger charge is -2.39. The standard InChI is InChI=1S/C18H26N2O2/c1-11-6-7-12-8-9-20(17(21)22)10-13-14(12)15(11)19(5)16(13)18(2,3)4/h6-7,13,16H,8-10H2,1-5H3,(H,21,22)/t13-,16?/m0/s1. The van der Waals surface area contributed by atoms with Gasteiger partial charge in [0.2, 0.25) is 0 Å². The van der Waals surface area contributed by atoms with E-state index in [9.17, 15) is 9.90 Å². The van der Waals surface area contributed by atoms with Gasteiger partial charge in [-0.25, -0.2) is 4.79 Å². The van der Waals surface area contributed by atoms with Gasteiger partial charge in [0, 0.05) is 37.8 Å². The summed E-state index contributed by atoms with van der Waals surface area (Å²) in [6.45, 7) is 10.1. The van der Waals surface area contributed by atoms with Crippen LogP contribution in [0, 0.1) is 12.3 Å². The summed E-state index contributed by atoms with van der Waals surface area (Å²) in [5.74, 6) is 0.258. The van der Waals surface area contributed by atoms with Crippen molar-refractivity contribution in [3.63, 3.8) is 0 Å². The molecule has 4 nitrogen and oxygen atoms in total. The summed E-state index contributed by atoms with van der Waals surface area (Å²) < 4.78 is 0. The van der Waals surface area contributed by atoms with Gasteiger partial charge < -0.3 is 14.9 Å². The van der Waals surface area contributed by atoms with Crippen molar-refractivity contribution in [2.75, 3.05) is 25.0 Å². The Morgan fingerprint density at radius 1 is 1.32 bits per heavy atom.